The van der Waals surface area contributed by atoms with Crippen molar-refractivity contribution in [1.29, 1.82) is 0 Å². The molecule has 2 heterocycles. The van der Waals surface area contributed by atoms with Gasteiger partial charge in [0.1, 0.15) is 0 Å². The highest BCUT2D eigenvalue weighted by molar-refractivity contribution is 5.42. The highest BCUT2D eigenvalue weighted by Crippen LogP contribution is 2.15. The first kappa shape index (κ1) is 14.7. The summed E-state index contributed by atoms with van der Waals surface area (Å²) in [6.07, 6.45) is 1.52. The topological polar surface area (TPSA) is 109 Å². The standard InChI is InChI=1S/C12H22N6O2/c1-2-9(3-6-19)14-11-15-10(13)16-12(17-11)18-4-7-20-8-5-18/h9,19H,2-8H2,1H3,(H3,13,14,15,16,17). The lowest BCUT2D eigenvalue weighted by Gasteiger charge is -2.27. The molecule has 8 heteroatoms. The SMILES string of the molecule is CCC(CCO)Nc1nc(N)nc(N2CCOCC2)n1. The Kier molecular flexibility index (Phi) is 5.31. The number of nitrogen functional groups attached to an aromatic ring is 1. The summed E-state index contributed by atoms with van der Waals surface area (Å²) in [6.45, 7) is 4.99. The predicted molar refractivity (Wildman–Crippen MR) is 76.7 cm³/mol. The zero-order valence-corrected chi connectivity index (χ0v) is 11.7. The minimum Gasteiger partial charge on any atom is -0.396 e. The van der Waals surface area contributed by atoms with Crippen LogP contribution in [0.2, 0.25) is 0 Å². The van der Waals surface area contributed by atoms with Crippen LogP contribution in [0.1, 0.15) is 19.8 Å². The van der Waals surface area contributed by atoms with E-state index < -0.39 is 0 Å². The van der Waals surface area contributed by atoms with Gasteiger partial charge in [-0.1, -0.05) is 6.92 Å². The molecule has 1 atom stereocenters. The second kappa shape index (κ2) is 7.20. The number of aromatic nitrogens is 3. The summed E-state index contributed by atoms with van der Waals surface area (Å²) in [5, 5.41) is 12.2. The molecule has 0 saturated carbocycles. The number of nitrogens with zero attached hydrogens (tertiary/aromatic N) is 4. The fourth-order valence-electron chi connectivity index (χ4n) is 2.07. The maximum Gasteiger partial charge on any atom is 0.232 e. The van der Waals surface area contributed by atoms with Gasteiger partial charge in [0.2, 0.25) is 17.8 Å². The number of hydrogen-bond acceptors (Lipinski definition) is 8. The first-order valence-corrected chi connectivity index (χ1v) is 6.94. The molecule has 1 aliphatic heterocycles. The minimum absolute atomic E-state index is 0.124. The van der Waals surface area contributed by atoms with Crippen LogP contribution < -0.4 is 16.0 Å². The molecule has 1 aromatic heterocycles. The van der Waals surface area contributed by atoms with Crippen LogP contribution in [0.4, 0.5) is 17.8 Å². The Bertz CT molecular complexity index is 424. The third-order valence-corrected chi connectivity index (χ3v) is 3.24. The molecule has 20 heavy (non-hydrogen) atoms. The second-order valence-electron chi connectivity index (χ2n) is 4.68. The van der Waals surface area contributed by atoms with E-state index in [1.54, 1.807) is 0 Å². The van der Waals surface area contributed by atoms with E-state index in [4.69, 9.17) is 15.6 Å². The molecule has 1 fully saturated rings. The van der Waals surface area contributed by atoms with E-state index in [0.717, 1.165) is 19.5 Å². The Labute approximate surface area is 118 Å². The number of hydrogen-bond donors (Lipinski definition) is 3. The Hall–Kier alpha value is -1.67. The fourth-order valence-corrected chi connectivity index (χ4v) is 2.07. The van der Waals surface area contributed by atoms with Gasteiger partial charge in [0.05, 0.1) is 13.2 Å². The van der Waals surface area contributed by atoms with Crippen LogP contribution in [0, 0.1) is 0 Å². The molecule has 112 valence electrons. The van der Waals surface area contributed by atoms with Crippen LogP contribution in [-0.2, 0) is 4.74 Å². The quantitative estimate of drug-likeness (QED) is 0.661. The van der Waals surface area contributed by atoms with Crippen LogP contribution in [0.15, 0.2) is 0 Å². The Morgan fingerprint density at radius 2 is 2.10 bits per heavy atom. The average Bonchev–Trinajstić information content (AvgIpc) is 2.47. The zero-order chi connectivity index (χ0) is 14.4. The van der Waals surface area contributed by atoms with Gasteiger partial charge in [0.15, 0.2) is 0 Å². The Morgan fingerprint density at radius 1 is 1.35 bits per heavy atom. The van der Waals surface area contributed by atoms with Gasteiger partial charge in [-0.15, -0.1) is 0 Å². The number of nitrogens with one attached hydrogen (secondary N) is 1. The molecule has 2 rings (SSSR count). The molecule has 8 nitrogen and oxygen atoms in total. The third kappa shape index (κ3) is 3.91. The minimum atomic E-state index is 0.124. The average molecular weight is 282 g/mol. The summed E-state index contributed by atoms with van der Waals surface area (Å²) in [4.78, 5) is 14.7. The molecule has 4 N–H and O–H groups in total. The zero-order valence-electron chi connectivity index (χ0n) is 11.7. The van der Waals surface area contributed by atoms with Gasteiger partial charge in [-0.25, -0.2) is 0 Å². The lowest BCUT2D eigenvalue weighted by Crippen LogP contribution is -2.37. The van der Waals surface area contributed by atoms with E-state index in [1.807, 2.05) is 11.8 Å². The highest BCUT2D eigenvalue weighted by atomic mass is 16.5. The van der Waals surface area contributed by atoms with Gasteiger partial charge < -0.3 is 25.8 Å². The van der Waals surface area contributed by atoms with Crippen LogP contribution in [0.5, 0.6) is 0 Å². The maximum absolute atomic E-state index is 9.02. The van der Waals surface area contributed by atoms with Gasteiger partial charge in [-0.05, 0) is 12.8 Å². The molecular weight excluding hydrogens is 260 g/mol. The Balaban J connectivity index is 2.10. The number of morpholine rings is 1. The maximum atomic E-state index is 9.02. The molecule has 0 aromatic carbocycles. The van der Waals surface area contributed by atoms with Crippen molar-refractivity contribution in [3.63, 3.8) is 0 Å². The monoisotopic (exact) mass is 282 g/mol. The molecule has 0 radical (unpaired) electrons. The van der Waals surface area contributed by atoms with E-state index in [2.05, 4.69) is 20.3 Å². The molecule has 1 saturated heterocycles. The summed E-state index contributed by atoms with van der Waals surface area (Å²) in [6, 6.07) is 0.124. The van der Waals surface area contributed by atoms with Crippen LogP contribution in [-0.4, -0.2) is 59.0 Å². The van der Waals surface area contributed by atoms with E-state index >= 15 is 0 Å². The van der Waals surface area contributed by atoms with Crippen molar-refractivity contribution in [3.05, 3.63) is 0 Å². The molecule has 1 aliphatic rings. The fraction of sp³-hybridized carbons (Fsp3) is 0.750. The van der Waals surface area contributed by atoms with Gasteiger partial charge in [0.25, 0.3) is 0 Å². The van der Waals surface area contributed by atoms with Crippen molar-refractivity contribution in [2.24, 2.45) is 0 Å². The lowest BCUT2D eigenvalue weighted by atomic mass is 10.2. The normalized spacial score (nSPS) is 17.0. The number of aliphatic hydroxyl groups excluding tert-OH is 1. The van der Waals surface area contributed by atoms with Crippen molar-refractivity contribution >= 4 is 17.8 Å². The van der Waals surface area contributed by atoms with Crippen molar-refractivity contribution < 1.29 is 9.84 Å². The van der Waals surface area contributed by atoms with E-state index in [1.165, 1.54) is 0 Å². The summed E-state index contributed by atoms with van der Waals surface area (Å²) in [5.41, 5.74) is 5.75. The molecule has 0 bridgehead atoms. The van der Waals surface area contributed by atoms with E-state index in [9.17, 15) is 0 Å². The molecule has 0 amide bonds. The number of anilines is 3. The summed E-state index contributed by atoms with van der Waals surface area (Å²) < 4.78 is 5.31. The molecule has 1 unspecified atom stereocenters. The summed E-state index contributed by atoms with van der Waals surface area (Å²) in [5.74, 6) is 1.23. The van der Waals surface area contributed by atoms with Gasteiger partial charge in [-0.2, -0.15) is 15.0 Å². The van der Waals surface area contributed by atoms with E-state index in [-0.39, 0.29) is 18.6 Å². The summed E-state index contributed by atoms with van der Waals surface area (Å²) >= 11 is 0. The molecule has 0 aliphatic carbocycles. The number of rotatable bonds is 6. The molecule has 1 aromatic rings. The largest absolute Gasteiger partial charge is 0.396 e. The van der Waals surface area contributed by atoms with E-state index in [0.29, 0.717) is 31.5 Å². The van der Waals surface area contributed by atoms with Gasteiger partial charge >= 0.3 is 0 Å². The van der Waals surface area contributed by atoms with Crippen molar-refractivity contribution in [2.75, 3.05) is 48.9 Å². The van der Waals surface area contributed by atoms with Crippen molar-refractivity contribution in [3.8, 4) is 0 Å². The second-order valence-corrected chi connectivity index (χ2v) is 4.68. The first-order chi connectivity index (χ1) is 9.72. The molecule has 0 spiro atoms. The van der Waals surface area contributed by atoms with Crippen LogP contribution in [0.3, 0.4) is 0 Å². The number of aliphatic hydroxyl groups is 1. The van der Waals surface area contributed by atoms with Crippen LogP contribution >= 0.6 is 0 Å². The van der Waals surface area contributed by atoms with Gasteiger partial charge in [-0.3, -0.25) is 0 Å². The van der Waals surface area contributed by atoms with Crippen molar-refractivity contribution in [2.45, 2.75) is 25.8 Å². The third-order valence-electron chi connectivity index (χ3n) is 3.24. The van der Waals surface area contributed by atoms with Gasteiger partial charge in [0, 0.05) is 25.7 Å². The number of ether oxygens (including phenoxy) is 1. The van der Waals surface area contributed by atoms with Crippen molar-refractivity contribution in [1.82, 2.24) is 15.0 Å². The first-order valence-electron chi connectivity index (χ1n) is 6.94. The summed E-state index contributed by atoms with van der Waals surface area (Å²) in [7, 11) is 0. The number of nitrogens with two attached hydrogens (primary N) is 1. The highest BCUT2D eigenvalue weighted by Gasteiger charge is 2.16. The lowest BCUT2D eigenvalue weighted by molar-refractivity contribution is 0.122. The Morgan fingerprint density at radius 3 is 2.75 bits per heavy atom. The molecular formula is C12H22N6O2. The predicted octanol–water partition coefficient (Wildman–Crippen LogP) is -0.137. The van der Waals surface area contributed by atoms with Crippen LogP contribution in [0.25, 0.3) is 0 Å². The smallest absolute Gasteiger partial charge is 0.232 e.